The highest BCUT2D eigenvalue weighted by molar-refractivity contribution is 5.83. The highest BCUT2D eigenvalue weighted by atomic mass is 15.0. The summed E-state index contributed by atoms with van der Waals surface area (Å²) < 4.78 is 2.43. The molecular weight excluding hydrogens is 230 g/mol. The zero-order chi connectivity index (χ0) is 14.3. The van der Waals surface area contributed by atoms with Gasteiger partial charge in [0.2, 0.25) is 0 Å². The van der Waals surface area contributed by atoms with Crippen molar-refractivity contribution in [3.8, 4) is 0 Å². The first-order valence-electron chi connectivity index (χ1n) is 7.11. The topological polar surface area (TPSA) is 3.88 Å². The van der Waals surface area contributed by atoms with Crippen molar-refractivity contribution in [2.45, 2.75) is 53.5 Å². The van der Waals surface area contributed by atoms with Gasteiger partial charge in [0.05, 0.1) is 0 Å². The van der Waals surface area contributed by atoms with Crippen molar-refractivity contribution in [1.82, 2.24) is 0 Å². The van der Waals surface area contributed by atoms with Gasteiger partial charge in [-0.1, -0.05) is 39.0 Å². The summed E-state index contributed by atoms with van der Waals surface area (Å²) in [7, 11) is 0. The maximum absolute atomic E-state index is 2.43. The van der Waals surface area contributed by atoms with Crippen molar-refractivity contribution in [2.75, 3.05) is 0 Å². The van der Waals surface area contributed by atoms with Gasteiger partial charge in [0.25, 0.3) is 0 Å². The van der Waals surface area contributed by atoms with Crippen molar-refractivity contribution in [2.24, 2.45) is 5.41 Å². The molecule has 1 heterocycles. The number of benzene rings is 1. The van der Waals surface area contributed by atoms with Crippen LogP contribution in [-0.2, 0) is 12.0 Å². The summed E-state index contributed by atoms with van der Waals surface area (Å²) in [6.07, 6.45) is 3.33. The Morgan fingerprint density at radius 3 is 2.11 bits per heavy atom. The third-order valence-corrected chi connectivity index (χ3v) is 3.39. The molecule has 0 saturated carbocycles. The summed E-state index contributed by atoms with van der Waals surface area (Å²) in [5.74, 6) is 0. The van der Waals surface area contributed by atoms with Crippen molar-refractivity contribution in [1.29, 1.82) is 0 Å². The molecule has 1 aromatic carbocycles. The van der Waals surface area contributed by atoms with E-state index < -0.39 is 0 Å². The van der Waals surface area contributed by atoms with E-state index >= 15 is 0 Å². The summed E-state index contributed by atoms with van der Waals surface area (Å²) in [6, 6.07) is 10.9. The minimum atomic E-state index is 0.116. The van der Waals surface area contributed by atoms with Crippen LogP contribution in [0.1, 0.15) is 47.2 Å². The molecule has 19 heavy (non-hydrogen) atoms. The van der Waals surface area contributed by atoms with E-state index in [0.29, 0.717) is 0 Å². The Morgan fingerprint density at radius 2 is 1.53 bits per heavy atom. The summed E-state index contributed by atoms with van der Waals surface area (Å²) in [4.78, 5) is 0. The van der Waals surface area contributed by atoms with Gasteiger partial charge < -0.3 is 0 Å². The van der Waals surface area contributed by atoms with Gasteiger partial charge in [0, 0.05) is 38.6 Å². The van der Waals surface area contributed by atoms with Crippen LogP contribution in [0.5, 0.6) is 0 Å². The lowest BCUT2D eigenvalue weighted by atomic mass is 9.87. The summed E-state index contributed by atoms with van der Waals surface area (Å²) >= 11 is 0. The van der Waals surface area contributed by atoms with Crippen LogP contribution in [0, 0.1) is 5.41 Å². The Balaban J connectivity index is 2.72. The lowest BCUT2D eigenvalue weighted by molar-refractivity contribution is -0.759. The smallest absolute Gasteiger partial charge is 0.190 e. The van der Waals surface area contributed by atoms with Crippen LogP contribution in [0.3, 0.4) is 0 Å². The van der Waals surface area contributed by atoms with E-state index in [-0.39, 0.29) is 11.0 Å². The first-order chi connectivity index (χ1) is 8.68. The third kappa shape index (κ3) is 3.15. The second kappa shape index (κ2) is 4.63. The fraction of sp³-hybridized carbons (Fsp3) is 0.500. The van der Waals surface area contributed by atoms with Gasteiger partial charge >= 0.3 is 0 Å². The monoisotopic (exact) mass is 256 g/mol. The van der Waals surface area contributed by atoms with Crippen molar-refractivity contribution < 1.29 is 4.57 Å². The normalized spacial score (nSPS) is 12.9. The molecule has 102 valence electrons. The average molecular weight is 256 g/mol. The van der Waals surface area contributed by atoms with E-state index in [1.807, 2.05) is 0 Å². The molecule has 0 bridgehead atoms. The minimum absolute atomic E-state index is 0.116. The fourth-order valence-electron chi connectivity index (χ4n) is 2.59. The Labute approximate surface area is 117 Å². The predicted octanol–water partition coefficient (Wildman–Crippen LogP) is 4.47. The first kappa shape index (κ1) is 14.0. The number of fused-ring (bicyclic) bond motifs is 1. The van der Waals surface area contributed by atoms with Crippen molar-refractivity contribution >= 4 is 10.8 Å². The van der Waals surface area contributed by atoms with Crippen LogP contribution < -0.4 is 4.57 Å². The molecule has 0 aliphatic carbocycles. The Kier molecular flexibility index (Phi) is 3.42. The quantitative estimate of drug-likeness (QED) is 0.663. The van der Waals surface area contributed by atoms with Crippen LogP contribution in [0.15, 0.2) is 36.5 Å². The molecule has 0 unspecified atom stereocenters. The number of hydrogen-bond acceptors (Lipinski definition) is 0. The second-order valence-electron chi connectivity index (χ2n) is 7.63. The zero-order valence-electron chi connectivity index (χ0n) is 13.1. The maximum atomic E-state index is 2.43. The summed E-state index contributed by atoms with van der Waals surface area (Å²) in [5.41, 5.74) is 1.85. The van der Waals surface area contributed by atoms with Crippen LogP contribution in [-0.4, -0.2) is 0 Å². The molecule has 1 heteroatoms. The number of pyridine rings is 1. The van der Waals surface area contributed by atoms with Crippen molar-refractivity contribution in [3.63, 3.8) is 0 Å². The largest absolute Gasteiger partial charge is 0.197 e. The van der Waals surface area contributed by atoms with E-state index in [4.69, 9.17) is 0 Å². The molecule has 0 saturated heterocycles. The molecule has 0 spiro atoms. The number of hydrogen-bond donors (Lipinski definition) is 0. The molecule has 0 radical (unpaired) electrons. The second-order valence-corrected chi connectivity index (χ2v) is 7.63. The highest BCUT2D eigenvalue weighted by Crippen LogP contribution is 2.25. The lowest BCUT2D eigenvalue weighted by Crippen LogP contribution is -2.53. The van der Waals surface area contributed by atoms with E-state index in [1.54, 1.807) is 0 Å². The lowest BCUT2D eigenvalue weighted by Gasteiger charge is -2.23. The Bertz CT molecular complexity index is 583. The van der Waals surface area contributed by atoms with Crippen LogP contribution in [0.25, 0.3) is 10.8 Å². The van der Waals surface area contributed by atoms with Gasteiger partial charge in [-0.25, -0.2) is 0 Å². The van der Waals surface area contributed by atoms with Gasteiger partial charge in [-0.2, -0.15) is 4.57 Å². The Morgan fingerprint density at radius 1 is 0.895 bits per heavy atom. The molecule has 1 nitrogen and oxygen atoms in total. The number of aromatic nitrogens is 1. The van der Waals surface area contributed by atoms with E-state index in [0.717, 1.165) is 6.42 Å². The molecule has 0 atom stereocenters. The maximum Gasteiger partial charge on any atom is 0.190 e. The Hall–Kier alpha value is -1.37. The highest BCUT2D eigenvalue weighted by Gasteiger charge is 2.29. The van der Waals surface area contributed by atoms with Gasteiger partial charge in [-0.3, -0.25) is 0 Å². The SMILES string of the molecule is CC(C)(C)Cc1c2ccccc2cc[n+]1C(C)(C)C. The van der Waals surface area contributed by atoms with Gasteiger partial charge in [-0.15, -0.1) is 0 Å². The summed E-state index contributed by atoms with van der Waals surface area (Å²) in [5, 5.41) is 2.72. The van der Waals surface area contributed by atoms with Crippen LogP contribution in [0.4, 0.5) is 0 Å². The van der Waals surface area contributed by atoms with E-state index in [2.05, 4.69) is 82.6 Å². The average Bonchev–Trinajstić information content (AvgIpc) is 2.25. The molecule has 0 amide bonds. The first-order valence-corrected chi connectivity index (χ1v) is 7.11. The molecule has 0 aliphatic rings. The van der Waals surface area contributed by atoms with Gasteiger partial charge in [0.15, 0.2) is 17.4 Å². The third-order valence-electron chi connectivity index (χ3n) is 3.39. The van der Waals surface area contributed by atoms with E-state index in [1.165, 1.54) is 16.5 Å². The van der Waals surface area contributed by atoms with E-state index in [9.17, 15) is 0 Å². The molecule has 2 aromatic rings. The standard InChI is InChI=1S/C18H26N/c1-17(2,3)13-16-15-10-8-7-9-14(15)11-12-19(16)18(4,5)6/h7-12H,13H2,1-6H3/q+1. The number of nitrogens with zero attached hydrogens (tertiary/aromatic N) is 1. The fourth-order valence-corrected chi connectivity index (χ4v) is 2.59. The number of rotatable bonds is 1. The molecular formula is C18H26N+. The zero-order valence-corrected chi connectivity index (χ0v) is 13.1. The van der Waals surface area contributed by atoms with Crippen molar-refractivity contribution in [3.05, 3.63) is 42.2 Å². The molecule has 0 aliphatic heterocycles. The van der Waals surface area contributed by atoms with Crippen LogP contribution in [0.2, 0.25) is 0 Å². The molecule has 0 fully saturated rings. The van der Waals surface area contributed by atoms with Crippen LogP contribution >= 0.6 is 0 Å². The van der Waals surface area contributed by atoms with Gasteiger partial charge in [0.1, 0.15) is 0 Å². The molecule has 2 rings (SSSR count). The summed E-state index contributed by atoms with van der Waals surface area (Å²) in [6.45, 7) is 13.7. The van der Waals surface area contributed by atoms with Gasteiger partial charge in [-0.05, 0) is 16.9 Å². The predicted molar refractivity (Wildman–Crippen MR) is 82.3 cm³/mol. The molecule has 0 N–H and O–H groups in total. The minimum Gasteiger partial charge on any atom is -0.197 e. The molecule has 1 aromatic heterocycles.